The van der Waals surface area contributed by atoms with Crippen LogP contribution >= 0.6 is 0 Å². The van der Waals surface area contributed by atoms with E-state index in [9.17, 15) is 0 Å². The van der Waals surface area contributed by atoms with Crippen LogP contribution in [0.3, 0.4) is 0 Å². The van der Waals surface area contributed by atoms with E-state index < -0.39 is 0 Å². The summed E-state index contributed by atoms with van der Waals surface area (Å²) in [6.45, 7) is 1.89. The summed E-state index contributed by atoms with van der Waals surface area (Å²) in [5, 5.41) is 3.59. The third-order valence-corrected chi connectivity index (χ3v) is 3.45. The average molecular weight is 169 g/mol. The molecule has 12 heavy (non-hydrogen) atoms. The maximum atomic E-state index is 5.02. The summed E-state index contributed by atoms with van der Waals surface area (Å²) in [6, 6.07) is 0.818. The highest BCUT2D eigenvalue weighted by Gasteiger charge is 2.38. The predicted molar refractivity (Wildman–Crippen MR) is 49.1 cm³/mol. The van der Waals surface area contributed by atoms with Crippen molar-refractivity contribution in [1.82, 2.24) is 5.32 Å². The first-order chi connectivity index (χ1) is 5.90. The fourth-order valence-corrected chi connectivity index (χ4v) is 2.84. The quantitative estimate of drug-likeness (QED) is 0.642. The van der Waals surface area contributed by atoms with Crippen molar-refractivity contribution in [2.24, 2.45) is 11.8 Å². The molecule has 0 radical (unpaired) electrons. The van der Waals surface area contributed by atoms with Crippen LogP contribution in [0.4, 0.5) is 0 Å². The standard InChI is InChI=1S/C10H19NO/c1-12-5-4-11-10-7-8-2-3-9(10)6-8/h8-11H,2-7H2,1H3/t8-,9-,10-/m0/s1. The van der Waals surface area contributed by atoms with Gasteiger partial charge < -0.3 is 10.1 Å². The van der Waals surface area contributed by atoms with E-state index in [0.717, 1.165) is 31.0 Å². The van der Waals surface area contributed by atoms with Crippen molar-refractivity contribution in [2.75, 3.05) is 20.3 Å². The third kappa shape index (κ3) is 1.64. The van der Waals surface area contributed by atoms with E-state index in [1.165, 1.54) is 25.7 Å². The van der Waals surface area contributed by atoms with Gasteiger partial charge in [-0.15, -0.1) is 0 Å². The second kappa shape index (κ2) is 3.75. The zero-order valence-electron chi connectivity index (χ0n) is 7.88. The lowest BCUT2D eigenvalue weighted by molar-refractivity contribution is 0.190. The molecule has 0 aliphatic heterocycles. The van der Waals surface area contributed by atoms with Crippen LogP contribution in [0, 0.1) is 11.8 Å². The Morgan fingerprint density at radius 1 is 1.33 bits per heavy atom. The van der Waals surface area contributed by atoms with E-state index >= 15 is 0 Å². The van der Waals surface area contributed by atoms with Crippen LogP contribution < -0.4 is 5.32 Å². The molecule has 2 saturated carbocycles. The Kier molecular flexibility index (Phi) is 2.66. The number of rotatable bonds is 4. The molecule has 0 saturated heterocycles. The minimum atomic E-state index is 0.818. The van der Waals surface area contributed by atoms with Gasteiger partial charge in [-0.25, -0.2) is 0 Å². The highest BCUT2D eigenvalue weighted by molar-refractivity contribution is 4.93. The van der Waals surface area contributed by atoms with Gasteiger partial charge in [0.1, 0.15) is 0 Å². The van der Waals surface area contributed by atoms with Crippen molar-refractivity contribution in [3.63, 3.8) is 0 Å². The summed E-state index contributed by atoms with van der Waals surface area (Å²) in [5.74, 6) is 2.04. The molecule has 2 aliphatic rings. The van der Waals surface area contributed by atoms with Gasteiger partial charge >= 0.3 is 0 Å². The van der Waals surface area contributed by atoms with Gasteiger partial charge in [0.05, 0.1) is 6.61 Å². The largest absolute Gasteiger partial charge is 0.383 e. The van der Waals surface area contributed by atoms with Crippen molar-refractivity contribution in [3.8, 4) is 0 Å². The lowest BCUT2D eigenvalue weighted by Crippen LogP contribution is -2.35. The van der Waals surface area contributed by atoms with Gasteiger partial charge in [0, 0.05) is 19.7 Å². The normalized spacial score (nSPS) is 39.2. The van der Waals surface area contributed by atoms with Gasteiger partial charge in [-0.2, -0.15) is 0 Å². The van der Waals surface area contributed by atoms with Crippen molar-refractivity contribution in [2.45, 2.75) is 31.7 Å². The maximum Gasteiger partial charge on any atom is 0.0587 e. The maximum absolute atomic E-state index is 5.02. The number of hydrogen-bond donors (Lipinski definition) is 1. The molecule has 0 aromatic heterocycles. The molecular weight excluding hydrogens is 150 g/mol. The van der Waals surface area contributed by atoms with E-state index in [0.29, 0.717) is 0 Å². The first-order valence-electron chi connectivity index (χ1n) is 5.12. The van der Waals surface area contributed by atoms with Crippen LogP contribution in [0.1, 0.15) is 25.7 Å². The molecule has 3 atom stereocenters. The summed E-state index contributed by atoms with van der Waals surface area (Å²) in [7, 11) is 1.77. The molecule has 70 valence electrons. The SMILES string of the molecule is COCCN[C@H]1C[C@H]2CC[C@H]1C2. The summed E-state index contributed by atoms with van der Waals surface area (Å²) in [6.07, 6.45) is 5.88. The molecule has 0 amide bonds. The molecule has 1 N–H and O–H groups in total. The summed E-state index contributed by atoms with van der Waals surface area (Å²) < 4.78 is 5.02. The number of fused-ring (bicyclic) bond motifs is 2. The summed E-state index contributed by atoms with van der Waals surface area (Å²) >= 11 is 0. The molecule has 2 aliphatic carbocycles. The van der Waals surface area contributed by atoms with Gasteiger partial charge in [-0.1, -0.05) is 6.42 Å². The third-order valence-electron chi connectivity index (χ3n) is 3.45. The van der Waals surface area contributed by atoms with Crippen LogP contribution in [0.15, 0.2) is 0 Å². The fourth-order valence-electron chi connectivity index (χ4n) is 2.84. The molecule has 2 bridgehead atoms. The van der Waals surface area contributed by atoms with Gasteiger partial charge in [-0.3, -0.25) is 0 Å². The monoisotopic (exact) mass is 169 g/mol. The molecule has 0 aromatic rings. The van der Waals surface area contributed by atoms with Gasteiger partial charge in [0.2, 0.25) is 0 Å². The molecular formula is C10H19NO. The van der Waals surface area contributed by atoms with E-state index in [1.54, 1.807) is 7.11 Å². The van der Waals surface area contributed by atoms with Crippen LogP contribution in [-0.4, -0.2) is 26.3 Å². The fraction of sp³-hybridized carbons (Fsp3) is 1.00. The molecule has 0 heterocycles. The highest BCUT2D eigenvalue weighted by Crippen LogP contribution is 2.44. The molecule has 2 fully saturated rings. The Morgan fingerprint density at radius 3 is 2.83 bits per heavy atom. The Hall–Kier alpha value is -0.0800. The van der Waals surface area contributed by atoms with Gasteiger partial charge in [0.25, 0.3) is 0 Å². The second-order valence-electron chi connectivity index (χ2n) is 4.23. The first-order valence-corrected chi connectivity index (χ1v) is 5.12. The predicted octanol–water partition coefficient (Wildman–Crippen LogP) is 1.41. The van der Waals surface area contributed by atoms with Crippen LogP contribution in [-0.2, 0) is 4.74 Å². The van der Waals surface area contributed by atoms with Crippen molar-refractivity contribution in [1.29, 1.82) is 0 Å². The zero-order valence-corrected chi connectivity index (χ0v) is 7.88. The lowest BCUT2D eigenvalue weighted by Gasteiger charge is -2.22. The molecule has 0 aromatic carbocycles. The van der Waals surface area contributed by atoms with Crippen LogP contribution in [0.5, 0.6) is 0 Å². The first kappa shape index (κ1) is 8.52. The number of hydrogen-bond acceptors (Lipinski definition) is 2. The molecule has 2 nitrogen and oxygen atoms in total. The number of methoxy groups -OCH3 is 1. The Labute approximate surface area is 74.7 Å². The molecule has 2 rings (SSSR count). The smallest absolute Gasteiger partial charge is 0.0587 e. The van der Waals surface area contributed by atoms with E-state index in [4.69, 9.17) is 4.74 Å². The van der Waals surface area contributed by atoms with Crippen molar-refractivity contribution >= 4 is 0 Å². The number of ether oxygens (including phenoxy) is 1. The van der Waals surface area contributed by atoms with Crippen molar-refractivity contribution in [3.05, 3.63) is 0 Å². The minimum absolute atomic E-state index is 0.818. The molecule has 0 spiro atoms. The Balaban J connectivity index is 1.69. The number of nitrogens with one attached hydrogen (secondary N) is 1. The van der Waals surface area contributed by atoms with Gasteiger partial charge in [0.15, 0.2) is 0 Å². The lowest BCUT2D eigenvalue weighted by atomic mass is 9.95. The summed E-state index contributed by atoms with van der Waals surface area (Å²) in [5.41, 5.74) is 0. The van der Waals surface area contributed by atoms with E-state index in [2.05, 4.69) is 5.32 Å². The van der Waals surface area contributed by atoms with Crippen molar-refractivity contribution < 1.29 is 4.74 Å². The van der Waals surface area contributed by atoms with Crippen LogP contribution in [0.25, 0.3) is 0 Å². The molecule has 2 heteroatoms. The highest BCUT2D eigenvalue weighted by atomic mass is 16.5. The topological polar surface area (TPSA) is 21.3 Å². The molecule has 0 unspecified atom stereocenters. The summed E-state index contributed by atoms with van der Waals surface area (Å²) in [4.78, 5) is 0. The Morgan fingerprint density at radius 2 is 2.25 bits per heavy atom. The van der Waals surface area contributed by atoms with Gasteiger partial charge in [-0.05, 0) is 31.1 Å². The minimum Gasteiger partial charge on any atom is -0.383 e. The Bertz CT molecular complexity index is 149. The van der Waals surface area contributed by atoms with Crippen LogP contribution in [0.2, 0.25) is 0 Å². The zero-order chi connectivity index (χ0) is 8.39. The van der Waals surface area contributed by atoms with E-state index in [1.807, 2.05) is 0 Å². The average Bonchev–Trinajstić information content (AvgIpc) is 2.65. The van der Waals surface area contributed by atoms with E-state index in [-0.39, 0.29) is 0 Å². The second-order valence-corrected chi connectivity index (χ2v) is 4.23.